The highest BCUT2D eigenvalue weighted by Gasteiger charge is 2.37. The first-order chi connectivity index (χ1) is 12.0. The van der Waals surface area contributed by atoms with Crippen LogP contribution in [0.3, 0.4) is 0 Å². The summed E-state index contributed by atoms with van der Waals surface area (Å²) in [6.45, 7) is 7.94. The standard InChI is InChI=1S/C19H23NO5/c1-4-13-7-8-14-12-20(18(22)15(14)11-13)16(19(23)25-6-3)9-10-17(21)24-5-2/h4,7-8,11,16H,1,5-6,9-10,12H2,2-3H3/t16-/m0/s1. The van der Waals surface area contributed by atoms with Crippen molar-refractivity contribution in [2.45, 2.75) is 39.3 Å². The molecule has 0 fully saturated rings. The summed E-state index contributed by atoms with van der Waals surface area (Å²) in [5, 5.41) is 0. The fourth-order valence-electron chi connectivity index (χ4n) is 2.85. The first-order valence-electron chi connectivity index (χ1n) is 8.40. The van der Waals surface area contributed by atoms with Crippen LogP contribution in [0.5, 0.6) is 0 Å². The average molecular weight is 345 g/mol. The molecule has 0 aliphatic carbocycles. The summed E-state index contributed by atoms with van der Waals surface area (Å²) in [7, 11) is 0. The molecule has 134 valence electrons. The van der Waals surface area contributed by atoms with Crippen LogP contribution >= 0.6 is 0 Å². The van der Waals surface area contributed by atoms with Gasteiger partial charge in [0, 0.05) is 18.5 Å². The fraction of sp³-hybridized carbons (Fsp3) is 0.421. The van der Waals surface area contributed by atoms with Gasteiger partial charge in [-0.1, -0.05) is 24.8 Å². The summed E-state index contributed by atoms with van der Waals surface area (Å²) < 4.78 is 10.0. The average Bonchev–Trinajstić information content (AvgIpc) is 2.92. The number of ether oxygens (including phenoxy) is 2. The molecule has 6 nitrogen and oxygen atoms in total. The number of hydrogen-bond donors (Lipinski definition) is 0. The second kappa shape index (κ2) is 8.46. The molecule has 0 aromatic heterocycles. The molecule has 1 aromatic rings. The number of hydrogen-bond acceptors (Lipinski definition) is 5. The first-order valence-corrected chi connectivity index (χ1v) is 8.40. The van der Waals surface area contributed by atoms with Gasteiger partial charge in [0.05, 0.1) is 13.2 Å². The molecule has 1 aliphatic heterocycles. The zero-order valence-electron chi connectivity index (χ0n) is 14.6. The molecule has 1 aromatic carbocycles. The molecule has 1 heterocycles. The van der Waals surface area contributed by atoms with Gasteiger partial charge in [0.2, 0.25) is 0 Å². The molecule has 6 heteroatoms. The normalized spacial score (nSPS) is 14.0. The molecule has 1 amide bonds. The Kier molecular flexibility index (Phi) is 6.33. The van der Waals surface area contributed by atoms with Gasteiger partial charge in [-0.2, -0.15) is 0 Å². The highest BCUT2D eigenvalue weighted by atomic mass is 16.5. The van der Waals surface area contributed by atoms with E-state index < -0.39 is 18.0 Å². The molecular formula is C19H23NO5. The lowest BCUT2D eigenvalue weighted by Gasteiger charge is -2.25. The zero-order chi connectivity index (χ0) is 18.4. The summed E-state index contributed by atoms with van der Waals surface area (Å²) >= 11 is 0. The van der Waals surface area contributed by atoms with Crippen molar-refractivity contribution in [1.29, 1.82) is 0 Å². The van der Waals surface area contributed by atoms with Gasteiger partial charge in [-0.15, -0.1) is 0 Å². The van der Waals surface area contributed by atoms with E-state index in [0.717, 1.165) is 11.1 Å². The maximum absolute atomic E-state index is 12.8. The minimum absolute atomic E-state index is 0.0509. The molecule has 2 rings (SSSR count). The molecule has 0 spiro atoms. The maximum atomic E-state index is 12.8. The molecule has 0 saturated carbocycles. The summed E-state index contributed by atoms with van der Waals surface area (Å²) in [6.07, 6.45) is 1.89. The second-order valence-electron chi connectivity index (χ2n) is 5.67. The van der Waals surface area contributed by atoms with Crippen molar-refractivity contribution >= 4 is 23.9 Å². The quantitative estimate of drug-likeness (QED) is 0.677. The van der Waals surface area contributed by atoms with Gasteiger partial charge in [-0.05, 0) is 37.5 Å². The summed E-state index contributed by atoms with van der Waals surface area (Å²) in [4.78, 5) is 38.2. The van der Waals surface area contributed by atoms with E-state index in [0.29, 0.717) is 12.1 Å². The number of amides is 1. The Morgan fingerprint density at radius 2 is 2.00 bits per heavy atom. The number of carbonyl (C=O) groups is 3. The fourth-order valence-corrected chi connectivity index (χ4v) is 2.85. The Balaban J connectivity index is 2.19. The van der Waals surface area contributed by atoms with E-state index in [4.69, 9.17) is 9.47 Å². The number of fused-ring (bicyclic) bond motifs is 1. The SMILES string of the molecule is C=Cc1ccc2c(c1)C(=O)N([C@@H](CCC(=O)OCC)C(=O)OCC)C2. The highest BCUT2D eigenvalue weighted by molar-refractivity contribution is 6.01. The van der Waals surface area contributed by atoms with Crippen LogP contribution in [0.1, 0.15) is 48.2 Å². The maximum Gasteiger partial charge on any atom is 0.328 e. The topological polar surface area (TPSA) is 72.9 Å². The highest BCUT2D eigenvalue weighted by Crippen LogP contribution is 2.28. The number of nitrogens with zero attached hydrogens (tertiary/aromatic N) is 1. The third-order valence-corrected chi connectivity index (χ3v) is 4.06. The van der Waals surface area contributed by atoms with Crippen molar-refractivity contribution in [3.05, 3.63) is 41.5 Å². The van der Waals surface area contributed by atoms with Crippen LogP contribution in [0.15, 0.2) is 24.8 Å². The molecule has 0 unspecified atom stereocenters. The third kappa shape index (κ3) is 4.26. The summed E-state index contributed by atoms with van der Waals surface area (Å²) in [5.74, 6) is -1.13. The van der Waals surface area contributed by atoms with E-state index in [9.17, 15) is 14.4 Å². The number of rotatable bonds is 8. The molecule has 0 saturated heterocycles. The second-order valence-corrected chi connectivity index (χ2v) is 5.67. The summed E-state index contributed by atoms with van der Waals surface area (Å²) in [5.41, 5.74) is 2.25. The van der Waals surface area contributed by atoms with Crippen LogP contribution in [0.4, 0.5) is 0 Å². The van der Waals surface area contributed by atoms with E-state index in [1.165, 1.54) is 4.90 Å². The van der Waals surface area contributed by atoms with E-state index in [1.54, 1.807) is 26.0 Å². The molecule has 25 heavy (non-hydrogen) atoms. The first kappa shape index (κ1) is 18.7. The van der Waals surface area contributed by atoms with Crippen molar-refractivity contribution in [2.24, 2.45) is 0 Å². The largest absolute Gasteiger partial charge is 0.466 e. The van der Waals surface area contributed by atoms with Crippen molar-refractivity contribution in [3.63, 3.8) is 0 Å². The Morgan fingerprint density at radius 3 is 2.64 bits per heavy atom. The number of benzene rings is 1. The van der Waals surface area contributed by atoms with E-state index >= 15 is 0 Å². The Hall–Kier alpha value is -2.63. The van der Waals surface area contributed by atoms with Gasteiger partial charge in [0.25, 0.3) is 5.91 Å². The minimum atomic E-state index is -0.809. The molecule has 0 N–H and O–H groups in total. The summed E-state index contributed by atoms with van der Waals surface area (Å²) in [6, 6.07) is 4.69. The molecular weight excluding hydrogens is 322 g/mol. The molecule has 0 bridgehead atoms. The number of esters is 2. The molecule has 1 atom stereocenters. The van der Waals surface area contributed by atoms with Crippen LogP contribution in [-0.2, 0) is 25.6 Å². The Bertz CT molecular complexity index is 682. The van der Waals surface area contributed by atoms with Crippen LogP contribution in [-0.4, -0.2) is 42.0 Å². The predicted octanol–water partition coefficient (Wildman–Crippen LogP) is 2.56. The predicted molar refractivity (Wildman–Crippen MR) is 92.7 cm³/mol. The van der Waals surface area contributed by atoms with E-state index in [-0.39, 0.29) is 32.0 Å². The molecule has 0 radical (unpaired) electrons. The molecule has 1 aliphatic rings. The van der Waals surface area contributed by atoms with Crippen LogP contribution in [0.2, 0.25) is 0 Å². The van der Waals surface area contributed by atoms with Crippen LogP contribution in [0, 0.1) is 0 Å². The monoisotopic (exact) mass is 345 g/mol. The lowest BCUT2D eigenvalue weighted by molar-refractivity contribution is -0.150. The zero-order valence-corrected chi connectivity index (χ0v) is 14.6. The van der Waals surface area contributed by atoms with E-state index in [1.807, 2.05) is 12.1 Å². The van der Waals surface area contributed by atoms with Gasteiger partial charge in [0.15, 0.2) is 0 Å². The van der Waals surface area contributed by atoms with Crippen LogP contribution in [0.25, 0.3) is 6.08 Å². The van der Waals surface area contributed by atoms with Gasteiger partial charge < -0.3 is 14.4 Å². The van der Waals surface area contributed by atoms with Crippen molar-refractivity contribution in [3.8, 4) is 0 Å². The minimum Gasteiger partial charge on any atom is -0.466 e. The Labute approximate surface area is 147 Å². The number of carbonyl (C=O) groups excluding carboxylic acids is 3. The lowest BCUT2D eigenvalue weighted by atomic mass is 10.1. The van der Waals surface area contributed by atoms with Crippen molar-refractivity contribution in [2.75, 3.05) is 13.2 Å². The Morgan fingerprint density at radius 1 is 1.28 bits per heavy atom. The van der Waals surface area contributed by atoms with Gasteiger partial charge in [-0.25, -0.2) is 4.79 Å². The van der Waals surface area contributed by atoms with Crippen molar-refractivity contribution in [1.82, 2.24) is 4.90 Å². The lowest BCUT2D eigenvalue weighted by Crippen LogP contribution is -2.42. The smallest absolute Gasteiger partial charge is 0.328 e. The van der Waals surface area contributed by atoms with Crippen molar-refractivity contribution < 1.29 is 23.9 Å². The van der Waals surface area contributed by atoms with Gasteiger partial charge in [0.1, 0.15) is 6.04 Å². The third-order valence-electron chi connectivity index (χ3n) is 4.06. The van der Waals surface area contributed by atoms with Crippen LogP contribution < -0.4 is 0 Å². The van der Waals surface area contributed by atoms with Gasteiger partial charge >= 0.3 is 11.9 Å². The van der Waals surface area contributed by atoms with Gasteiger partial charge in [-0.3, -0.25) is 9.59 Å². The van der Waals surface area contributed by atoms with E-state index in [2.05, 4.69) is 6.58 Å².